The van der Waals surface area contributed by atoms with Gasteiger partial charge in [0, 0.05) is 12.8 Å². The Labute approximate surface area is 110 Å². The van der Waals surface area contributed by atoms with Crippen molar-refractivity contribution in [2.45, 2.75) is 26.3 Å². The summed E-state index contributed by atoms with van der Waals surface area (Å²) in [5.74, 6) is -1.32. The number of hydrogen-bond donors (Lipinski definition) is 1. The van der Waals surface area contributed by atoms with E-state index in [-0.39, 0.29) is 29.8 Å². The van der Waals surface area contributed by atoms with Crippen LogP contribution in [0.2, 0.25) is 0 Å². The minimum atomic E-state index is -1.02. The van der Waals surface area contributed by atoms with Crippen molar-refractivity contribution >= 4 is 17.8 Å². The monoisotopic (exact) mass is 261 g/mol. The lowest BCUT2D eigenvalue weighted by atomic mass is 9.97. The number of nitrogens with zero attached hydrogens (tertiary/aromatic N) is 1. The molecule has 2 rings (SSSR count). The Morgan fingerprint density at radius 1 is 1.32 bits per heavy atom. The van der Waals surface area contributed by atoms with Gasteiger partial charge in [-0.1, -0.05) is 19.1 Å². The molecule has 0 spiro atoms. The second-order valence-electron chi connectivity index (χ2n) is 4.89. The molecule has 0 unspecified atom stereocenters. The lowest BCUT2D eigenvalue weighted by molar-refractivity contribution is -0.150. The van der Waals surface area contributed by atoms with Crippen LogP contribution in [-0.4, -0.2) is 27.8 Å². The van der Waals surface area contributed by atoms with Crippen molar-refractivity contribution in [3.8, 4) is 0 Å². The summed E-state index contributed by atoms with van der Waals surface area (Å²) in [6, 6.07) is 6.29. The van der Waals surface area contributed by atoms with Crippen molar-refractivity contribution in [2.75, 3.05) is 0 Å². The number of carboxylic acid groups (broad SMARTS) is 1. The normalized spacial score (nSPS) is 16.8. The quantitative estimate of drug-likeness (QED) is 0.840. The first-order valence-corrected chi connectivity index (χ1v) is 6.13. The second-order valence-corrected chi connectivity index (χ2v) is 4.89. The van der Waals surface area contributed by atoms with Gasteiger partial charge in [-0.25, -0.2) is 4.79 Å². The first kappa shape index (κ1) is 13.3. The smallest absolute Gasteiger partial charge is 0.335 e. The molecule has 1 heterocycles. The molecule has 1 aromatic rings. The fourth-order valence-electron chi connectivity index (χ4n) is 2.19. The summed E-state index contributed by atoms with van der Waals surface area (Å²) >= 11 is 0. The van der Waals surface area contributed by atoms with Crippen molar-refractivity contribution in [3.05, 3.63) is 35.4 Å². The van der Waals surface area contributed by atoms with Crippen LogP contribution in [-0.2, 0) is 16.1 Å². The van der Waals surface area contributed by atoms with Crippen molar-refractivity contribution in [1.82, 2.24) is 4.90 Å². The Kier molecular flexibility index (Phi) is 3.64. The van der Waals surface area contributed by atoms with E-state index in [1.807, 2.05) is 6.92 Å². The summed E-state index contributed by atoms with van der Waals surface area (Å²) in [6.07, 6.45) is 0.731. The Morgan fingerprint density at radius 3 is 2.53 bits per heavy atom. The summed E-state index contributed by atoms with van der Waals surface area (Å²) < 4.78 is 0. The van der Waals surface area contributed by atoms with E-state index in [2.05, 4.69) is 0 Å². The Bertz CT molecular complexity index is 520. The van der Waals surface area contributed by atoms with Gasteiger partial charge >= 0.3 is 5.97 Å². The van der Waals surface area contributed by atoms with E-state index >= 15 is 0 Å². The van der Waals surface area contributed by atoms with Gasteiger partial charge in [0.25, 0.3) is 0 Å². The maximum atomic E-state index is 11.8. The van der Waals surface area contributed by atoms with Crippen LogP contribution >= 0.6 is 0 Å². The number of aromatic carboxylic acids is 1. The van der Waals surface area contributed by atoms with E-state index in [0.717, 1.165) is 0 Å². The van der Waals surface area contributed by atoms with Crippen molar-refractivity contribution < 1.29 is 19.5 Å². The molecule has 0 saturated carbocycles. The average molecular weight is 261 g/mol. The van der Waals surface area contributed by atoms with E-state index < -0.39 is 5.97 Å². The lowest BCUT2D eigenvalue weighted by Gasteiger charge is -2.28. The van der Waals surface area contributed by atoms with E-state index in [4.69, 9.17) is 5.11 Å². The SMILES string of the molecule is CC1CC(=O)N(Cc2cccc(C(=O)O)c2)C(=O)C1. The maximum Gasteiger partial charge on any atom is 0.335 e. The largest absolute Gasteiger partial charge is 0.478 e. The van der Waals surface area contributed by atoms with Crippen LogP contribution in [0.15, 0.2) is 24.3 Å². The second kappa shape index (κ2) is 5.22. The zero-order valence-corrected chi connectivity index (χ0v) is 10.6. The molecule has 19 heavy (non-hydrogen) atoms. The Hall–Kier alpha value is -2.17. The van der Waals surface area contributed by atoms with Crippen LogP contribution in [0.4, 0.5) is 0 Å². The van der Waals surface area contributed by atoms with Crippen LogP contribution < -0.4 is 0 Å². The number of carbonyl (C=O) groups is 3. The highest BCUT2D eigenvalue weighted by atomic mass is 16.4. The third-order valence-electron chi connectivity index (χ3n) is 3.16. The first-order valence-electron chi connectivity index (χ1n) is 6.13. The van der Waals surface area contributed by atoms with Gasteiger partial charge in [0.15, 0.2) is 0 Å². The zero-order valence-electron chi connectivity index (χ0n) is 10.6. The van der Waals surface area contributed by atoms with Gasteiger partial charge < -0.3 is 5.11 Å². The van der Waals surface area contributed by atoms with E-state index in [0.29, 0.717) is 18.4 Å². The fourth-order valence-corrected chi connectivity index (χ4v) is 2.19. The van der Waals surface area contributed by atoms with Gasteiger partial charge in [0.1, 0.15) is 0 Å². The Balaban J connectivity index is 2.16. The molecule has 100 valence electrons. The van der Waals surface area contributed by atoms with E-state index in [9.17, 15) is 14.4 Å². The van der Waals surface area contributed by atoms with Gasteiger partial charge in [0.2, 0.25) is 11.8 Å². The summed E-state index contributed by atoms with van der Waals surface area (Å²) in [5, 5.41) is 8.91. The molecule has 0 bridgehead atoms. The van der Waals surface area contributed by atoms with Crippen LogP contribution in [0.1, 0.15) is 35.7 Å². The van der Waals surface area contributed by atoms with Crippen LogP contribution in [0, 0.1) is 5.92 Å². The lowest BCUT2D eigenvalue weighted by Crippen LogP contribution is -2.42. The molecule has 0 radical (unpaired) electrons. The van der Waals surface area contributed by atoms with Crippen LogP contribution in [0.5, 0.6) is 0 Å². The molecule has 1 N–H and O–H groups in total. The van der Waals surface area contributed by atoms with Crippen molar-refractivity contribution in [2.24, 2.45) is 5.92 Å². The number of carbonyl (C=O) groups excluding carboxylic acids is 2. The van der Waals surface area contributed by atoms with Gasteiger partial charge in [-0.3, -0.25) is 14.5 Å². The summed E-state index contributed by atoms with van der Waals surface area (Å²) in [7, 11) is 0. The van der Waals surface area contributed by atoms with Gasteiger partial charge in [-0.2, -0.15) is 0 Å². The highest BCUT2D eigenvalue weighted by Gasteiger charge is 2.30. The molecule has 1 fully saturated rings. The predicted molar refractivity (Wildman–Crippen MR) is 67.4 cm³/mol. The van der Waals surface area contributed by atoms with Gasteiger partial charge in [-0.15, -0.1) is 0 Å². The number of imide groups is 1. The molecule has 1 aliphatic rings. The Morgan fingerprint density at radius 2 is 1.95 bits per heavy atom. The van der Waals surface area contributed by atoms with Gasteiger partial charge in [-0.05, 0) is 23.6 Å². The van der Waals surface area contributed by atoms with Crippen molar-refractivity contribution in [1.29, 1.82) is 0 Å². The molecular weight excluding hydrogens is 246 g/mol. The number of amides is 2. The van der Waals surface area contributed by atoms with E-state index in [1.165, 1.54) is 17.0 Å². The molecule has 5 heteroatoms. The molecule has 5 nitrogen and oxygen atoms in total. The molecular formula is C14H15NO4. The molecule has 1 aliphatic heterocycles. The number of benzene rings is 1. The minimum absolute atomic E-state index is 0.0848. The zero-order chi connectivity index (χ0) is 14.0. The van der Waals surface area contributed by atoms with Crippen molar-refractivity contribution in [3.63, 3.8) is 0 Å². The highest BCUT2D eigenvalue weighted by molar-refractivity contribution is 5.97. The first-order chi connectivity index (χ1) is 8.97. The predicted octanol–water partition coefficient (Wildman–Crippen LogP) is 1.67. The summed E-state index contributed by atoms with van der Waals surface area (Å²) in [5.41, 5.74) is 0.805. The number of hydrogen-bond acceptors (Lipinski definition) is 3. The molecule has 2 amide bonds. The molecule has 0 aliphatic carbocycles. The fraction of sp³-hybridized carbons (Fsp3) is 0.357. The number of rotatable bonds is 3. The molecule has 0 atom stereocenters. The highest BCUT2D eigenvalue weighted by Crippen LogP contribution is 2.21. The van der Waals surface area contributed by atoms with E-state index in [1.54, 1.807) is 12.1 Å². The topological polar surface area (TPSA) is 74.7 Å². The molecule has 1 saturated heterocycles. The number of piperidine rings is 1. The third kappa shape index (κ3) is 2.99. The molecule has 0 aromatic heterocycles. The molecule has 1 aromatic carbocycles. The summed E-state index contributed by atoms with van der Waals surface area (Å²) in [6.45, 7) is 2.02. The summed E-state index contributed by atoms with van der Waals surface area (Å²) in [4.78, 5) is 35.7. The average Bonchev–Trinajstić information content (AvgIpc) is 2.34. The van der Waals surface area contributed by atoms with Crippen LogP contribution in [0.3, 0.4) is 0 Å². The van der Waals surface area contributed by atoms with Crippen LogP contribution in [0.25, 0.3) is 0 Å². The number of likely N-dealkylation sites (tertiary alicyclic amines) is 1. The maximum absolute atomic E-state index is 11.8. The standard InChI is InChI=1S/C14H15NO4/c1-9-5-12(16)15(13(17)6-9)8-10-3-2-4-11(7-10)14(18)19/h2-4,7,9H,5-6,8H2,1H3,(H,18,19). The van der Waals surface area contributed by atoms with Gasteiger partial charge in [0.05, 0.1) is 12.1 Å². The number of carboxylic acids is 1. The third-order valence-corrected chi connectivity index (χ3v) is 3.16. The minimum Gasteiger partial charge on any atom is -0.478 e.